The van der Waals surface area contributed by atoms with Gasteiger partial charge in [0, 0.05) is 27.8 Å². The summed E-state index contributed by atoms with van der Waals surface area (Å²) in [5.41, 5.74) is 4.79. The molecule has 3 aliphatic rings. The summed E-state index contributed by atoms with van der Waals surface area (Å²) in [5.74, 6) is -0.344. The summed E-state index contributed by atoms with van der Waals surface area (Å²) in [6, 6.07) is 22.0. The number of para-hydroxylation sites is 1. The van der Waals surface area contributed by atoms with Crippen molar-refractivity contribution in [3.8, 4) is 0 Å². The van der Waals surface area contributed by atoms with E-state index in [0.29, 0.717) is 29.1 Å². The van der Waals surface area contributed by atoms with Crippen molar-refractivity contribution >= 4 is 42.8 Å². The van der Waals surface area contributed by atoms with Crippen LogP contribution >= 0.6 is 15.9 Å². The number of aromatic nitrogens is 1. The highest BCUT2D eigenvalue weighted by molar-refractivity contribution is 9.10. The number of fused-ring (bicyclic) bond motifs is 6. The van der Waals surface area contributed by atoms with E-state index < -0.39 is 33.9 Å². The summed E-state index contributed by atoms with van der Waals surface area (Å²) >= 11 is 3.44. The van der Waals surface area contributed by atoms with E-state index in [9.17, 15) is 13.2 Å². The zero-order chi connectivity index (χ0) is 33.4. The molecule has 0 N–H and O–H groups in total. The fourth-order valence-corrected chi connectivity index (χ4v) is 9.60. The van der Waals surface area contributed by atoms with E-state index in [1.165, 1.54) is 20.7 Å². The summed E-state index contributed by atoms with van der Waals surface area (Å²) in [6.07, 6.45) is 2.82. The summed E-state index contributed by atoms with van der Waals surface area (Å²) in [6.45, 7) is 12.1. The van der Waals surface area contributed by atoms with E-state index in [0.717, 1.165) is 16.3 Å². The zero-order valence-electron chi connectivity index (χ0n) is 27.6. The average molecular weight is 718 g/mol. The molecule has 9 heteroatoms. The molecule has 0 bridgehead atoms. The van der Waals surface area contributed by atoms with Crippen LogP contribution in [0.1, 0.15) is 88.3 Å². The van der Waals surface area contributed by atoms with Crippen LogP contribution in [-0.2, 0) is 30.7 Å². The van der Waals surface area contributed by atoms with Crippen LogP contribution in [0.15, 0.2) is 93.8 Å². The van der Waals surface area contributed by atoms with Gasteiger partial charge in [0.2, 0.25) is 0 Å². The Morgan fingerprint density at radius 2 is 1.77 bits per heavy atom. The van der Waals surface area contributed by atoms with E-state index >= 15 is 0 Å². The Labute approximate surface area is 285 Å². The van der Waals surface area contributed by atoms with E-state index in [-0.39, 0.29) is 23.0 Å². The minimum atomic E-state index is -4.05. The summed E-state index contributed by atoms with van der Waals surface area (Å²) < 4.78 is 44.5. The number of hydrogen-bond acceptors (Lipinski definition) is 6. The minimum Gasteiger partial charge on any atom is -0.457 e. The van der Waals surface area contributed by atoms with Crippen LogP contribution in [0.25, 0.3) is 10.9 Å². The van der Waals surface area contributed by atoms with Crippen molar-refractivity contribution in [2.75, 3.05) is 0 Å². The van der Waals surface area contributed by atoms with Gasteiger partial charge in [0.05, 0.1) is 34.3 Å². The monoisotopic (exact) mass is 716 g/mol. The number of nitrogens with zero attached hydrogens (tertiary/aromatic N) is 2. The molecule has 1 fully saturated rings. The molecule has 0 saturated carbocycles. The van der Waals surface area contributed by atoms with Crippen molar-refractivity contribution < 1.29 is 22.7 Å². The molecule has 3 aromatic carbocycles. The molecule has 5 atom stereocenters. The molecule has 246 valence electrons. The van der Waals surface area contributed by atoms with E-state index in [1.807, 2.05) is 57.2 Å². The Balaban J connectivity index is 1.50. The van der Waals surface area contributed by atoms with Gasteiger partial charge in [-0.3, -0.25) is 4.90 Å². The molecule has 3 heterocycles. The number of esters is 1. The second-order valence-electron chi connectivity index (χ2n) is 14.2. The fourth-order valence-electron chi connectivity index (χ4n) is 7.78. The molecule has 2 aliphatic heterocycles. The van der Waals surface area contributed by atoms with Gasteiger partial charge in [0.1, 0.15) is 11.8 Å². The molecule has 1 aliphatic carbocycles. The number of ether oxygens (including phenoxy) is 2. The lowest BCUT2D eigenvalue weighted by Gasteiger charge is -2.43. The lowest BCUT2D eigenvalue weighted by molar-refractivity contribution is -0.152. The normalized spacial score (nSPS) is 24.3. The Bertz CT molecular complexity index is 2010. The summed E-state index contributed by atoms with van der Waals surface area (Å²) in [7, 11) is -4.05. The van der Waals surface area contributed by atoms with Crippen LogP contribution in [0.2, 0.25) is 0 Å². The van der Waals surface area contributed by atoms with Crippen molar-refractivity contribution in [1.82, 2.24) is 8.87 Å². The first-order valence-corrected chi connectivity index (χ1v) is 18.6. The van der Waals surface area contributed by atoms with Crippen LogP contribution in [0.4, 0.5) is 0 Å². The quantitative estimate of drug-likeness (QED) is 0.187. The van der Waals surface area contributed by atoms with Gasteiger partial charge in [-0.15, -0.1) is 0 Å². The van der Waals surface area contributed by atoms with Gasteiger partial charge < -0.3 is 9.47 Å². The molecule has 4 aromatic rings. The molecular weight excluding hydrogens is 676 g/mol. The number of benzene rings is 3. The van der Waals surface area contributed by atoms with E-state index in [2.05, 4.69) is 59.8 Å². The van der Waals surface area contributed by atoms with Gasteiger partial charge in [-0.05, 0) is 86.2 Å². The predicted molar refractivity (Wildman–Crippen MR) is 187 cm³/mol. The van der Waals surface area contributed by atoms with Crippen LogP contribution in [-0.4, -0.2) is 41.2 Å². The highest BCUT2D eigenvalue weighted by Crippen LogP contribution is 2.55. The molecular formula is C38H41BrN2O5S. The lowest BCUT2D eigenvalue weighted by Crippen LogP contribution is -2.46. The van der Waals surface area contributed by atoms with Crippen LogP contribution < -0.4 is 0 Å². The van der Waals surface area contributed by atoms with Gasteiger partial charge in [0.25, 0.3) is 10.0 Å². The van der Waals surface area contributed by atoms with Crippen molar-refractivity contribution in [1.29, 1.82) is 0 Å². The molecule has 0 unspecified atom stereocenters. The smallest absolute Gasteiger partial charge is 0.334 e. The summed E-state index contributed by atoms with van der Waals surface area (Å²) in [5, 5.41) is 0.802. The maximum atomic E-state index is 14.7. The topological polar surface area (TPSA) is 77.8 Å². The van der Waals surface area contributed by atoms with Gasteiger partial charge in [0.15, 0.2) is 0 Å². The second kappa shape index (κ2) is 11.7. The van der Waals surface area contributed by atoms with E-state index in [4.69, 9.17) is 9.47 Å². The van der Waals surface area contributed by atoms with Crippen molar-refractivity contribution in [3.63, 3.8) is 0 Å². The summed E-state index contributed by atoms with van der Waals surface area (Å²) in [4.78, 5) is 16.5. The Hall–Kier alpha value is -3.24. The Morgan fingerprint density at radius 1 is 1.04 bits per heavy atom. The Morgan fingerprint density at radius 3 is 2.45 bits per heavy atom. The zero-order valence-corrected chi connectivity index (χ0v) is 30.0. The predicted octanol–water partition coefficient (Wildman–Crippen LogP) is 8.44. The van der Waals surface area contributed by atoms with Gasteiger partial charge in [-0.25, -0.2) is 17.2 Å². The molecule has 1 aromatic heterocycles. The molecule has 0 radical (unpaired) electrons. The number of carbonyl (C=O) groups is 1. The molecule has 0 spiro atoms. The van der Waals surface area contributed by atoms with Crippen molar-refractivity contribution in [2.45, 2.75) is 95.2 Å². The molecule has 1 saturated heterocycles. The molecule has 47 heavy (non-hydrogen) atoms. The minimum absolute atomic E-state index is 0.106. The first kappa shape index (κ1) is 32.3. The number of halogens is 1. The van der Waals surface area contributed by atoms with Gasteiger partial charge >= 0.3 is 5.97 Å². The maximum absolute atomic E-state index is 14.7. The first-order chi connectivity index (χ1) is 22.3. The number of hydrogen-bond donors (Lipinski definition) is 0. The van der Waals surface area contributed by atoms with Crippen LogP contribution in [0.5, 0.6) is 0 Å². The molecule has 7 nitrogen and oxygen atoms in total. The highest BCUT2D eigenvalue weighted by atomic mass is 79.9. The standard InChI is InChI=1S/C38H41BrN2O5S/c1-7-27-29(37(42)46-38(4,5)6)21-31(40-35-33(45-36(27)40)20-24-12-10-13-28(22(2)3)34(24)35)32-19-23-11-8-9-14-30(23)41(32)47(43,44)26-17-15-25(39)16-18-26/h8-19,21-22,27,31,33,35-36H,7,20H2,1-6H3/t27-,31-,33+,35+,36+/m0/s1. The maximum Gasteiger partial charge on any atom is 0.334 e. The van der Waals surface area contributed by atoms with Gasteiger partial charge in [-0.2, -0.15) is 0 Å². The third kappa shape index (κ3) is 5.39. The van der Waals surface area contributed by atoms with Crippen LogP contribution in [0.3, 0.4) is 0 Å². The first-order valence-electron chi connectivity index (χ1n) is 16.4. The second-order valence-corrected chi connectivity index (χ2v) is 16.9. The SMILES string of the molecule is CC[C@H]1C(C(=O)OC(C)(C)C)=C[C@@H](c2cc3ccccc3n2S(=O)(=O)c2ccc(Br)cc2)N2[C@@H]1O[C@@H]1Cc3cccc(C(C)C)c3[C@@H]12. The molecule has 7 rings (SSSR count). The largest absolute Gasteiger partial charge is 0.457 e. The third-order valence-corrected chi connectivity index (χ3v) is 12.0. The Kier molecular flexibility index (Phi) is 8.06. The average Bonchev–Trinajstić information content (AvgIpc) is 3.69. The number of rotatable bonds is 6. The molecule has 0 amide bonds. The number of carbonyl (C=O) groups excluding carboxylic acids is 1. The lowest BCUT2D eigenvalue weighted by atomic mass is 9.84. The fraction of sp³-hybridized carbons (Fsp3) is 0.395. The highest BCUT2D eigenvalue weighted by Gasteiger charge is 2.56. The van der Waals surface area contributed by atoms with Crippen molar-refractivity contribution in [2.24, 2.45) is 5.92 Å². The van der Waals surface area contributed by atoms with Gasteiger partial charge in [-0.1, -0.05) is 79.2 Å². The van der Waals surface area contributed by atoms with Crippen LogP contribution in [0, 0.1) is 5.92 Å². The third-order valence-electron chi connectivity index (χ3n) is 9.68. The van der Waals surface area contributed by atoms with E-state index in [1.54, 1.807) is 24.3 Å². The van der Waals surface area contributed by atoms with Crippen molar-refractivity contribution in [3.05, 3.63) is 111 Å².